The highest BCUT2D eigenvalue weighted by atomic mass is 32.4. The van der Waals surface area contributed by atoms with Crippen molar-refractivity contribution in [2.75, 3.05) is 13.1 Å². The van der Waals surface area contributed by atoms with Crippen LogP contribution in [0.3, 0.4) is 0 Å². The topological polar surface area (TPSA) is 16.1 Å². The fourth-order valence-corrected chi connectivity index (χ4v) is 6.69. The maximum absolute atomic E-state index is 6.17. The highest BCUT2D eigenvalue weighted by molar-refractivity contribution is 8.17. The van der Waals surface area contributed by atoms with Crippen molar-refractivity contribution in [3.63, 3.8) is 0 Å². The molecule has 17 heavy (non-hydrogen) atoms. The van der Waals surface area contributed by atoms with Gasteiger partial charge >= 0.3 is 0 Å². The van der Waals surface area contributed by atoms with Crippen LogP contribution < -0.4 is 5.30 Å². The Morgan fingerprint density at radius 3 is 2.18 bits per heavy atom. The summed E-state index contributed by atoms with van der Waals surface area (Å²) >= 11 is 6.17. The molecule has 4 heteroatoms. The van der Waals surface area contributed by atoms with E-state index in [0.29, 0.717) is 0 Å². The van der Waals surface area contributed by atoms with Gasteiger partial charge in [-0.2, -0.15) is 0 Å². The van der Waals surface area contributed by atoms with Gasteiger partial charge in [0.25, 0.3) is 0 Å². The van der Waals surface area contributed by atoms with Crippen LogP contribution in [-0.2, 0) is 11.8 Å². The van der Waals surface area contributed by atoms with Gasteiger partial charge in [0, 0.05) is 42.1 Å². The molecule has 1 saturated heterocycles. The molecule has 0 saturated carbocycles. The van der Waals surface area contributed by atoms with Crippen molar-refractivity contribution >= 4 is 23.3 Å². The van der Waals surface area contributed by atoms with Gasteiger partial charge in [-0.25, -0.2) is 0 Å². The van der Waals surface area contributed by atoms with E-state index in [9.17, 15) is 0 Å². The normalized spacial score (nSPS) is 21.4. The Morgan fingerprint density at radius 2 is 1.71 bits per heavy atom. The first-order valence-corrected chi connectivity index (χ1v) is 8.98. The molecule has 1 atom stereocenters. The molecule has 0 radical (unpaired) electrons. The van der Waals surface area contributed by atoms with E-state index in [0.717, 1.165) is 13.1 Å². The maximum Gasteiger partial charge on any atom is 0.0481 e. The molecule has 1 fully saturated rings. The van der Waals surface area contributed by atoms with E-state index in [-0.39, 0.29) is 5.16 Å². The van der Waals surface area contributed by atoms with E-state index in [1.54, 1.807) is 0 Å². The molecule has 0 bridgehead atoms. The second-order valence-electron chi connectivity index (χ2n) is 5.61. The molecule has 1 aromatic heterocycles. The van der Waals surface area contributed by atoms with Crippen molar-refractivity contribution in [3.05, 3.63) is 24.5 Å². The lowest BCUT2D eigenvalue weighted by Gasteiger charge is -2.42. The molecule has 0 aliphatic carbocycles. The highest BCUT2D eigenvalue weighted by Gasteiger charge is 2.39. The minimum Gasteiger partial charge on any atom is -0.271 e. The van der Waals surface area contributed by atoms with Crippen LogP contribution in [0.5, 0.6) is 0 Å². The molecule has 1 aliphatic heterocycles. The van der Waals surface area contributed by atoms with Crippen molar-refractivity contribution < 1.29 is 0 Å². The third-order valence-electron chi connectivity index (χ3n) is 3.40. The summed E-state index contributed by atoms with van der Waals surface area (Å²) in [4.78, 5) is 4.12. The van der Waals surface area contributed by atoms with E-state index in [1.807, 2.05) is 12.4 Å². The molecule has 1 aliphatic rings. The zero-order valence-corrected chi connectivity index (χ0v) is 12.6. The quantitative estimate of drug-likeness (QED) is 0.767. The largest absolute Gasteiger partial charge is 0.271 e. The SMILES string of the molecule is CC(C)(C)[P@@](=S)(c1ccncc1)N1CCCC1. The van der Waals surface area contributed by atoms with Gasteiger partial charge in [-0.15, -0.1) is 0 Å². The van der Waals surface area contributed by atoms with Crippen molar-refractivity contribution in [2.45, 2.75) is 38.8 Å². The monoisotopic (exact) mass is 268 g/mol. The Hall–Kier alpha value is -0.240. The van der Waals surface area contributed by atoms with Gasteiger partial charge in [0.15, 0.2) is 0 Å². The lowest BCUT2D eigenvalue weighted by atomic mass is 10.3. The second-order valence-corrected chi connectivity index (χ2v) is 10.8. The molecule has 0 aromatic carbocycles. The van der Waals surface area contributed by atoms with E-state index in [4.69, 9.17) is 11.8 Å². The predicted octanol–water partition coefficient (Wildman–Crippen LogP) is 3.00. The van der Waals surface area contributed by atoms with Gasteiger partial charge in [0.1, 0.15) is 0 Å². The molecule has 0 spiro atoms. The molecule has 0 unspecified atom stereocenters. The molecular weight excluding hydrogens is 247 g/mol. The van der Waals surface area contributed by atoms with Crippen LogP contribution in [0.1, 0.15) is 33.6 Å². The predicted molar refractivity (Wildman–Crippen MR) is 78.7 cm³/mol. The van der Waals surface area contributed by atoms with Crippen LogP contribution in [0.2, 0.25) is 0 Å². The molecule has 1 aromatic rings. The van der Waals surface area contributed by atoms with Crippen molar-refractivity contribution in [3.8, 4) is 0 Å². The summed E-state index contributed by atoms with van der Waals surface area (Å²) in [6, 6.07) is 4.23. The van der Waals surface area contributed by atoms with E-state index in [2.05, 4.69) is 42.6 Å². The molecule has 0 amide bonds. The molecule has 2 rings (SSSR count). The van der Waals surface area contributed by atoms with Crippen molar-refractivity contribution in [1.29, 1.82) is 0 Å². The summed E-state index contributed by atoms with van der Waals surface area (Å²) in [5.74, 6) is 0. The number of rotatable bonds is 2. The number of aromatic nitrogens is 1. The number of pyridine rings is 1. The Morgan fingerprint density at radius 1 is 1.18 bits per heavy atom. The first-order valence-electron chi connectivity index (χ1n) is 6.22. The minimum atomic E-state index is -1.68. The van der Waals surface area contributed by atoms with E-state index < -0.39 is 6.19 Å². The maximum atomic E-state index is 6.17. The summed E-state index contributed by atoms with van der Waals surface area (Å²) in [6.07, 6.45) is 4.65. The van der Waals surface area contributed by atoms with Gasteiger partial charge in [-0.1, -0.05) is 32.6 Å². The molecule has 0 N–H and O–H groups in total. The van der Waals surface area contributed by atoms with Gasteiger partial charge in [-0.3, -0.25) is 9.65 Å². The van der Waals surface area contributed by atoms with E-state index in [1.165, 1.54) is 18.1 Å². The average molecular weight is 268 g/mol. The van der Waals surface area contributed by atoms with Crippen molar-refractivity contribution in [1.82, 2.24) is 9.65 Å². The highest BCUT2D eigenvalue weighted by Crippen LogP contribution is 2.60. The zero-order chi connectivity index (χ0) is 12.5. The summed E-state index contributed by atoms with van der Waals surface area (Å²) in [7, 11) is 0. The minimum absolute atomic E-state index is 0.147. The van der Waals surface area contributed by atoms with Gasteiger partial charge in [0.05, 0.1) is 0 Å². The van der Waals surface area contributed by atoms with Crippen LogP contribution in [0, 0.1) is 0 Å². The van der Waals surface area contributed by atoms with Crippen LogP contribution >= 0.6 is 6.19 Å². The average Bonchev–Trinajstić information content (AvgIpc) is 2.81. The second kappa shape index (κ2) is 4.79. The fourth-order valence-electron chi connectivity index (χ4n) is 2.50. The first kappa shape index (κ1) is 13.2. The zero-order valence-electron chi connectivity index (χ0n) is 10.9. The van der Waals surface area contributed by atoms with Crippen LogP contribution in [0.15, 0.2) is 24.5 Å². The Bertz CT molecular complexity index is 419. The molecule has 94 valence electrons. The Labute approximate surface area is 110 Å². The summed E-state index contributed by atoms with van der Waals surface area (Å²) in [5.41, 5.74) is 0. The van der Waals surface area contributed by atoms with Gasteiger partial charge < -0.3 is 0 Å². The third-order valence-corrected chi connectivity index (χ3v) is 10.4. The summed E-state index contributed by atoms with van der Waals surface area (Å²) in [6.45, 7) is 9.18. The third kappa shape index (κ3) is 2.33. The molecule has 2 heterocycles. The van der Waals surface area contributed by atoms with E-state index >= 15 is 0 Å². The number of nitrogens with zero attached hydrogens (tertiary/aromatic N) is 2. The summed E-state index contributed by atoms with van der Waals surface area (Å²) in [5, 5.41) is 1.46. The Kier molecular flexibility index (Phi) is 3.72. The smallest absolute Gasteiger partial charge is 0.0481 e. The molecule has 2 nitrogen and oxygen atoms in total. The lowest BCUT2D eigenvalue weighted by Crippen LogP contribution is -2.34. The van der Waals surface area contributed by atoms with Gasteiger partial charge in [0.2, 0.25) is 0 Å². The summed E-state index contributed by atoms with van der Waals surface area (Å²) < 4.78 is 2.57. The lowest BCUT2D eigenvalue weighted by molar-refractivity contribution is 0.545. The van der Waals surface area contributed by atoms with Gasteiger partial charge in [-0.05, 0) is 25.0 Å². The van der Waals surface area contributed by atoms with Crippen LogP contribution in [0.25, 0.3) is 0 Å². The molecular formula is C13H21N2PS. The Balaban J connectivity index is 2.48. The standard InChI is InChI=1S/C13H21N2PS/c1-13(2,3)16(17,15-10-4-5-11-15)12-6-8-14-9-7-12/h6-9H,4-5,10-11H2,1-3H3/t16-/m0/s1. The number of hydrogen-bond acceptors (Lipinski definition) is 2. The van der Waals surface area contributed by atoms with Crippen molar-refractivity contribution in [2.24, 2.45) is 0 Å². The fraction of sp³-hybridized carbons (Fsp3) is 0.615. The van der Waals surface area contributed by atoms with Crippen LogP contribution in [0.4, 0.5) is 0 Å². The first-order chi connectivity index (χ1) is 7.96. The van der Waals surface area contributed by atoms with Crippen LogP contribution in [-0.4, -0.2) is 27.9 Å². The number of hydrogen-bond donors (Lipinski definition) is 0.